The second kappa shape index (κ2) is 6.82. The maximum absolute atomic E-state index is 12.8. The SMILES string of the molecule is O=c1[nH]c2nc(Cl)cnc2c(=O)n1-c1cccc(Nc2ccccn2)c1Cl. The van der Waals surface area contributed by atoms with E-state index in [9.17, 15) is 9.59 Å². The highest BCUT2D eigenvalue weighted by molar-refractivity contribution is 6.35. The van der Waals surface area contributed by atoms with Crippen molar-refractivity contribution in [2.24, 2.45) is 0 Å². The topological polar surface area (TPSA) is 106 Å². The first kappa shape index (κ1) is 17.2. The quantitative estimate of drug-likeness (QED) is 0.547. The van der Waals surface area contributed by atoms with Crippen LogP contribution in [0.1, 0.15) is 0 Å². The predicted molar refractivity (Wildman–Crippen MR) is 103 cm³/mol. The van der Waals surface area contributed by atoms with Crippen molar-refractivity contribution in [3.63, 3.8) is 0 Å². The number of nitrogens with one attached hydrogen (secondary N) is 2. The number of aromatic amines is 1. The lowest BCUT2D eigenvalue weighted by Crippen LogP contribution is -2.34. The highest BCUT2D eigenvalue weighted by Crippen LogP contribution is 2.29. The van der Waals surface area contributed by atoms with E-state index in [1.54, 1.807) is 36.5 Å². The number of hydrogen-bond donors (Lipinski definition) is 2. The van der Waals surface area contributed by atoms with Gasteiger partial charge < -0.3 is 5.32 Å². The zero-order chi connectivity index (χ0) is 19.0. The molecule has 8 nitrogen and oxygen atoms in total. The van der Waals surface area contributed by atoms with Gasteiger partial charge in [0.05, 0.1) is 22.6 Å². The van der Waals surface area contributed by atoms with Gasteiger partial charge in [-0.3, -0.25) is 9.78 Å². The number of aromatic nitrogens is 5. The number of nitrogens with zero attached hydrogens (tertiary/aromatic N) is 4. The summed E-state index contributed by atoms with van der Waals surface area (Å²) in [5, 5.41) is 3.29. The molecule has 4 rings (SSSR count). The van der Waals surface area contributed by atoms with Crippen LogP contribution < -0.4 is 16.6 Å². The lowest BCUT2D eigenvalue weighted by atomic mass is 10.2. The summed E-state index contributed by atoms with van der Waals surface area (Å²) >= 11 is 12.2. The van der Waals surface area contributed by atoms with Gasteiger partial charge in [0.2, 0.25) is 0 Å². The molecule has 3 heterocycles. The van der Waals surface area contributed by atoms with E-state index in [-0.39, 0.29) is 27.0 Å². The number of pyridine rings is 1. The molecular weight excluding hydrogens is 391 g/mol. The van der Waals surface area contributed by atoms with Crippen LogP contribution in [0.4, 0.5) is 11.5 Å². The number of benzene rings is 1. The maximum Gasteiger partial charge on any atom is 0.334 e. The first-order valence-electron chi connectivity index (χ1n) is 7.69. The molecule has 134 valence electrons. The molecule has 1 aromatic carbocycles. The van der Waals surface area contributed by atoms with Gasteiger partial charge in [-0.05, 0) is 24.3 Å². The summed E-state index contributed by atoms with van der Waals surface area (Å²) in [5.41, 5.74) is -0.703. The molecule has 2 N–H and O–H groups in total. The van der Waals surface area contributed by atoms with E-state index in [1.165, 1.54) is 6.20 Å². The van der Waals surface area contributed by atoms with Gasteiger partial charge >= 0.3 is 5.69 Å². The minimum absolute atomic E-state index is 0.00707. The van der Waals surface area contributed by atoms with E-state index in [4.69, 9.17) is 23.2 Å². The van der Waals surface area contributed by atoms with Crippen LogP contribution in [0, 0.1) is 0 Å². The molecule has 0 atom stereocenters. The molecule has 0 amide bonds. The molecule has 0 saturated heterocycles. The molecule has 0 fully saturated rings. The van der Waals surface area contributed by atoms with Crippen LogP contribution in [0.15, 0.2) is 58.4 Å². The molecule has 0 aliphatic heterocycles. The molecule has 0 radical (unpaired) electrons. The second-order valence-electron chi connectivity index (χ2n) is 5.44. The molecule has 3 aromatic heterocycles. The number of halogens is 2. The molecule has 10 heteroatoms. The summed E-state index contributed by atoms with van der Waals surface area (Å²) in [6, 6.07) is 10.3. The van der Waals surface area contributed by atoms with Crippen LogP contribution in [-0.4, -0.2) is 24.5 Å². The van der Waals surface area contributed by atoms with E-state index in [2.05, 4.69) is 25.3 Å². The van der Waals surface area contributed by atoms with Crippen molar-refractivity contribution >= 4 is 45.9 Å². The summed E-state index contributed by atoms with van der Waals surface area (Å²) < 4.78 is 0.900. The third-order valence-electron chi connectivity index (χ3n) is 3.72. The van der Waals surface area contributed by atoms with Gasteiger partial charge in [0.15, 0.2) is 11.2 Å². The third kappa shape index (κ3) is 3.16. The van der Waals surface area contributed by atoms with Crippen LogP contribution in [0.25, 0.3) is 16.9 Å². The van der Waals surface area contributed by atoms with Gasteiger partial charge in [-0.25, -0.2) is 24.3 Å². The fraction of sp³-hybridized carbons (Fsp3) is 0. The largest absolute Gasteiger partial charge is 0.339 e. The highest BCUT2D eigenvalue weighted by atomic mass is 35.5. The molecule has 0 saturated carbocycles. The van der Waals surface area contributed by atoms with Crippen LogP contribution in [0.3, 0.4) is 0 Å². The van der Waals surface area contributed by atoms with Gasteiger partial charge in [-0.1, -0.05) is 35.3 Å². The fourth-order valence-corrected chi connectivity index (χ4v) is 2.94. The summed E-state index contributed by atoms with van der Waals surface area (Å²) in [7, 11) is 0. The summed E-state index contributed by atoms with van der Waals surface area (Å²) in [6.45, 7) is 0. The van der Waals surface area contributed by atoms with Crippen molar-refractivity contribution in [3.8, 4) is 5.69 Å². The Hall–Kier alpha value is -3.23. The van der Waals surface area contributed by atoms with Crippen molar-refractivity contribution in [2.45, 2.75) is 0 Å². The van der Waals surface area contributed by atoms with Gasteiger partial charge in [-0.15, -0.1) is 0 Å². The summed E-state index contributed by atoms with van der Waals surface area (Å²) in [5.74, 6) is 0.567. The minimum Gasteiger partial charge on any atom is -0.339 e. The van der Waals surface area contributed by atoms with Crippen LogP contribution in [0.2, 0.25) is 10.2 Å². The Morgan fingerprint density at radius 1 is 1.04 bits per heavy atom. The smallest absolute Gasteiger partial charge is 0.334 e. The maximum atomic E-state index is 12.8. The molecule has 27 heavy (non-hydrogen) atoms. The second-order valence-corrected chi connectivity index (χ2v) is 6.20. The third-order valence-corrected chi connectivity index (χ3v) is 4.30. The zero-order valence-corrected chi connectivity index (χ0v) is 15.0. The average Bonchev–Trinajstić information content (AvgIpc) is 2.65. The highest BCUT2D eigenvalue weighted by Gasteiger charge is 2.16. The Morgan fingerprint density at radius 3 is 2.67 bits per heavy atom. The van der Waals surface area contributed by atoms with Crippen molar-refractivity contribution in [1.82, 2.24) is 24.5 Å². The Bertz CT molecular complexity index is 1270. The van der Waals surface area contributed by atoms with E-state index in [0.29, 0.717) is 11.5 Å². The number of hydrogen-bond acceptors (Lipinski definition) is 6. The van der Waals surface area contributed by atoms with E-state index in [0.717, 1.165) is 4.57 Å². The van der Waals surface area contributed by atoms with Crippen molar-refractivity contribution in [2.75, 3.05) is 5.32 Å². The van der Waals surface area contributed by atoms with Gasteiger partial charge in [-0.2, -0.15) is 0 Å². The average molecular weight is 401 g/mol. The lowest BCUT2D eigenvalue weighted by Gasteiger charge is -2.12. The Balaban J connectivity index is 1.89. The van der Waals surface area contributed by atoms with Gasteiger partial charge in [0.1, 0.15) is 11.0 Å². The summed E-state index contributed by atoms with van der Waals surface area (Å²) in [6.07, 6.45) is 2.86. The standard InChI is InChI=1S/C17H10Cl2N6O2/c18-11-8-21-14-15(23-11)24-17(27)25(16(14)26)10-5-3-4-9(13(10)19)22-12-6-1-2-7-20-12/h1-8H,(H,20,22)(H,23,24,27). The van der Waals surface area contributed by atoms with Gasteiger partial charge in [0.25, 0.3) is 5.56 Å². The Labute approximate surface area is 161 Å². The molecule has 0 spiro atoms. The molecular formula is C17H10Cl2N6O2. The molecule has 0 aliphatic rings. The first-order valence-corrected chi connectivity index (χ1v) is 8.45. The zero-order valence-electron chi connectivity index (χ0n) is 13.5. The van der Waals surface area contributed by atoms with Crippen LogP contribution in [-0.2, 0) is 0 Å². The number of rotatable bonds is 3. The van der Waals surface area contributed by atoms with E-state index >= 15 is 0 Å². The molecule has 0 unspecified atom stereocenters. The van der Waals surface area contributed by atoms with Crippen LogP contribution in [0.5, 0.6) is 0 Å². The van der Waals surface area contributed by atoms with E-state index < -0.39 is 11.2 Å². The number of fused-ring (bicyclic) bond motifs is 1. The fourth-order valence-electron chi connectivity index (χ4n) is 2.55. The number of H-pyrrole nitrogens is 1. The molecule has 4 aromatic rings. The Morgan fingerprint density at radius 2 is 1.89 bits per heavy atom. The van der Waals surface area contributed by atoms with Crippen molar-refractivity contribution in [3.05, 3.63) is 79.8 Å². The van der Waals surface area contributed by atoms with Crippen LogP contribution >= 0.6 is 23.2 Å². The number of anilines is 2. The first-order chi connectivity index (χ1) is 13.0. The molecule has 0 aliphatic carbocycles. The van der Waals surface area contributed by atoms with Crippen molar-refractivity contribution in [1.29, 1.82) is 0 Å². The summed E-state index contributed by atoms with van der Waals surface area (Å²) in [4.78, 5) is 39.8. The van der Waals surface area contributed by atoms with E-state index in [1.807, 2.05) is 6.07 Å². The Kier molecular flexibility index (Phi) is 4.35. The normalized spacial score (nSPS) is 10.9. The predicted octanol–water partition coefficient (Wildman–Crippen LogP) is 2.91. The minimum atomic E-state index is -0.707. The lowest BCUT2D eigenvalue weighted by molar-refractivity contribution is 0.888. The van der Waals surface area contributed by atoms with Crippen molar-refractivity contribution < 1.29 is 0 Å². The van der Waals surface area contributed by atoms with Gasteiger partial charge in [0, 0.05) is 6.20 Å². The molecule has 0 bridgehead atoms. The monoisotopic (exact) mass is 400 g/mol.